The minimum atomic E-state index is -0.455. The third-order valence-corrected chi connectivity index (χ3v) is 5.34. The van der Waals surface area contributed by atoms with E-state index >= 15 is 0 Å². The van der Waals surface area contributed by atoms with Crippen LogP contribution < -0.4 is 10.6 Å². The Morgan fingerprint density at radius 2 is 1.89 bits per heavy atom. The van der Waals surface area contributed by atoms with Crippen LogP contribution in [0.5, 0.6) is 0 Å². The molecule has 0 saturated carbocycles. The molecule has 28 heavy (non-hydrogen) atoms. The van der Waals surface area contributed by atoms with E-state index in [1.807, 2.05) is 25.1 Å². The number of nitrogens with one attached hydrogen (secondary N) is 2. The van der Waals surface area contributed by atoms with Crippen molar-refractivity contribution in [1.29, 1.82) is 0 Å². The molecule has 1 aliphatic heterocycles. The molecule has 1 fully saturated rings. The van der Waals surface area contributed by atoms with Crippen LogP contribution in [0.4, 0.5) is 0 Å². The number of hydrogen-bond acceptors (Lipinski definition) is 4. The van der Waals surface area contributed by atoms with Crippen LogP contribution >= 0.6 is 24.8 Å². The number of methoxy groups -OCH3 is 1. The van der Waals surface area contributed by atoms with E-state index in [4.69, 9.17) is 9.72 Å². The molecule has 1 saturated heterocycles. The van der Waals surface area contributed by atoms with Crippen molar-refractivity contribution in [3.05, 3.63) is 30.1 Å². The van der Waals surface area contributed by atoms with Gasteiger partial charge >= 0.3 is 0 Å². The largest absolute Gasteiger partial charge is 0.384 e. The molecule has 3 rings (SSSR count). The van der Waals surface area contributed by atoms with Crippen LogP contribution in [-0.2, 0) is 9.53 Å². The maximum absolute atomic E-state index is 13.1. The summed E-state index contributed by atoms with van der Waals surface area (Å²) in [6.07, 6.45) is 1.58. The minimum absolute atomic E-state index is 0. The number of imidazole rings is 1. The van der Waals surface area contributed by atoms with Crippen LogP contribution in [-0.4, -0.2) is 42.3 Å². The zero-order valence-corrected chi connectivity index (χ0v) is 18.7. The van der Waals surface area contributed by atoms with Crippen LogP contribution in [0, 0.1) is 5.41 Å². The van der Waals surface area contributed by atoms with Gasteiger partial charge in [-0.05, 0) is 58.8 Å². The molecule has 1 atom stereocenters. The number of ether oxygens (including phenoxy) is 1. The minimum Gasteiger partial charge on any atom is -0.384 e. The molecule has 0 bridgehead atoms. The second kappa shape index (κ2) is 10.4. The number of carbonyl (C=O) groups excluding carboxylic acids is 1. The van der Waals surface area contributed by atoms with Crippen LogP contribution in [0.3, 0.4) is 0 Å². The number of carbonyl (C=O) groups is 1. The van der Waals surface area contributed by atoms with Gasteiger partial charge in [0, 0.05) is 13.2 Å². The van der Waals surface area contributed by atoms with Gasteiger partial charge in [0.1, 0.15) is 5.82 Å². The lowest BCUT2D eigenvalue weighted by atomic mass is 9.78. The molecule has 6 nitrogen and oxygen atoms in total. The summed E-state index contributed by atoms with van der Waals surface area (Å²) < 4.78 is 7.61. The Balaban J connectivity index is 0.00000196. The monoisotopic (exact) mass is 430 g/mol. The highest BCUT2D eigenvalue weighted by atomic mass is 35.5. The van der Waals surface area contributed by atoms with Gasteiger partial charge in [-0.1, -0.05) is 12.1 Å². The summed E-state index contributed by atoms with van der Waals surface area (Å²) in [4.78, 5) is 17.9. The van der Waals surface area contributed by atoms with E-state index in [0.717, 1.165) is 42.8 Å². The van der Waals surface area contributed by atoms with Crippen LogP contribution in [0.1, 0.15) is 51.5 Å². The standard InChI is InChI=1S/C20H30N4O2.2ClH/c1-14(2)24-17-8-6-5-7-16(17)23-18(24)15(3)22-19(25)20(13-26-4)9-11-21-12-10-20;;/h5-8,14-15,21H,9-13H2,1-4H3,(H,22,25);2*1H. The van der Waals surface area contributed by atoms with Gasteiger partial charge in [0.05, 0.1) is 29.1 Å². The number of amides is 1. The lowest BCUT2D eigenvalue weighted by Crippen LogP contribution is -2.50. The quantitative estimate of drug-likeness (QED) is 0.733. The zero-order valence-electron chi connectivity index (χ0n) is 17.0. The van der Waals surface area contributed by atoms with Crippen LogP contribution in [0.25, 0.3) is 11.0 Å². The maximum Gasteiger partial charge on any atom is 0.229 e. The molecule has 2 N–H and O–H groups in total. The molecule has 1 aliphatic rings. The Hall–Kier alpha value is -1.34. The number of benzene rings is 1. The molecule has 1 amide bonds. The first-order valence-electron chi connectivity index (χ1n) is 9.46. The van der Waals surface area contributed by atoms with Gasteiger partial charge in [-0.25, -0.2) is 4.98 Å². The average molecular weight is 431 g/mol. The van der Waals surface area contributed by atoms with E-state index in [1.165, 1.54) is 0 Å². The second-order valence-corrected chi connectivity index (χ2v) is 7.58. The van der Waals surface area contributed by atoms with Crippen molar-refractivity contribution in [3.8, 4) is 0 Å². The third-order valence-electron chi connectivity index (χ3n) is 5.34. The van der Waals surface area contributed by atoms with Gasteiger partial charge in [0.15, 0.2) is 0 Å². The van der Waals surface area contributed by atoms with Crippen molar-refractivity contribution < 1.29 is 9.53 Å². The summed E-state index contributed by atoms with van der Waals surface area (Å²) in [5, 5.41) is 6.55. The van der Waals surface area contributed by atoms with Crippen LogP contribution in [0.15, 0.2) is 24.3 Å². The lowest BCUT2D eigenvalue weighted by molar-refractivity contribution is -0.137. The van der Waals surface area contributed by atoms with Crippen molar-refractivity contribution in [2.24, 2.45) is 5.41 Å². The number of rotatable bonds is 6. The third kappa shape index (κ3) is 4.79. The van der Waals surface area contributed by atoms with Gasteiger partial charge in [-0.2, -0.15) is 0 Å². The number of aromatic nitrogens is 2. The topological polar surface area (TPSA) is 68.2 Å². The maximum atomic E-state index is 13.1. The van der Waals surface area contributed by atoms with Crippen LogP contribution in [0.2, 0.25) is 0 Å². The summed E-state index contributed by atoms with van der Waals surface area (Å²) in [5.74, 6) is 0.965. The first-order valence-corrected chi connectivity index (χ1v) is 9.46. The smallest absolute Gasteiger partial charge is 0.229 e. The number of fused-ring (bicyclic) bond motifs is 1. The Morgan fingerprint density at radius 1 is 1.25 bits per heavy atom. The summed E-state index contributed by atoms with van der Waals surface area (Å²) in [6.45, 7) is 8.44. The molecule has 2 heterocycles. The molecule has 0 radical (unpaired) electrons. The highest BCUT2D eigenvalue weighted by Gasteiger charge is 2.40. The first kappa shape index (κ1) is 24.7. The SMILES string of the molecule is COCC1(C(=O)NC(C)c2nc3ccccc3n2C(C)C)CCNCC1.Cl.Cl. The van der Waals surface area contributed by atoms with E-state index in [9.17, 15) is 4.79 Å². The highest BCUT2D eigenvalue weighted by Crippen LogP contribution is 2.31. The van der Waals surface area contributed by atoms with Crippen molar-refractivity contribution in [3.63, 3.8) is 0 Å². The molecule has 2 aromatic rings. The van der Waals surface area contributed by atoms with Gasteiger partial charge in [0.2, 0.25) is 5.91 Å². The van der Waals surface area contributed by atoms with Crippen molar-refractivity contribution in [2.45, 2.75) is 45.7 Å². The molecular weight excluding hydrogens is 399 g/mol. The van der Waals surface area contributed by atoms with Crippen molar-refractivity contribution in [1.82, 2.24) is 20.2 Å². The summed E-state index contributed by atoms with van der Waals surface area (Å²) in [5.41, 5.74) is 1.61. The molecule has 1 aromatic heterocycles. The molecular formula is C20H32Cl2N4O2. The molecule has 8 heteroatoms. The average Bonchev–Trinajstić information content (AvgIpc) is 3.02. The van der Waals surface area contributed by atoms with Gasteiger partial charge < -0.3 is 19.9 Å². The van der Waals surface area contributed by atoms with Crippen molar-refractivity contribution in [2.75, 3.05) is 26.8 Å². The highest BCUT2D eigenvalue weighted by molar-refractivity contribution is 5.85. The van der Waals surface area contributed by atoms with E-state index in [0.29, 0.717) is 6.61 Å². The molecule has 1 unspecified atom stereocenters. The zero-order chi connectivity index (χ0) is 18.7. The fraction of sp³-hybridized carbons (Fsp3) is 0.600. The summed E-state index contributed by atoms with van der Waals surface area (Å²) in [7, 11) is 1.67. The van der Waals surface area contributed by atoms with Crippen molar-refractivity contribution >= 4 is 41.8 Å². The summed E-state index contributed by atoms with van der Waals surface area (Å²) >= 11 is 0. The fourth-order valence-corrected chi connectivity index (χ4v) is 3.94. The number of halogens is 2. The van der Waals surface area contributed by atoms with E-state index in [1.54, 1.807) is 7.11 Å². The van der Waals surface area contributed by atoms with E-state index < -0.39 is 5.41 Å². The fourth-order valence-electron chi connectivity index (χ4n) is 3.94. The normalized spacial score (nSPS) is 16.9. The molecule has 158 valence electrons. The summed E-state index contributed by atoms with van der Waals surface area (Å²) in [6, 6.07) is 8.23. The van der Waals surface area contributed by atoms with Gasteiger partial charge in [0.25, 0.3) is 0 Å². The molecule has 1 aromatic carbocycles. The number of piperidine rings is 1. The predicted molar refractivity (Wildman–Crippen MR) is 118 cm³/mol. The first-order chi connectivity index (χ1) is 12.5. The van der Waals surface area contributed by atoms with E-state index in [-0.39, 0.29) is 42.8 Å². The van der Waals surface area contributed by atoms with Gasteiger partial charge in [-0.3, -0.25) is 4.79 Å². The Kier molecular flexibility index (Phi) is 9.21. The second-order valence-electron chi connectivity index (χ2n) is 7.58. The Morgan fingerprint density at radius 3 is 2.50 bits per heavy atom. The Labute approximate surface area is 179 Å². The number of para-hydroxylation sites is 2. The number of nitrogens with zero attached hydrogens (tertiary/aromatic N) is 2. The molecule has 0 spiro atoms. The van der Waals surface area contributed by atoms with Gasteiger partial charge in [-0.15, -0.1) is 24.8 Å². The Bertz CT molecular complexity index is 767. The van der Waals surface area contributed by atoms with E-state index in [2.05, 4.69) is 35.1 Å². The molecule has 0 aliphatic carbocycles. The number of hydrogen-bond donors (Lipinski definition) is 2. The predicted octanol–water partition coefficient (Wildman–Crippen LogP) is 3.65. The lowest BCUT2D eigenvalue weighted by Gasteiger charge is -2.36.